The van der Waals surface area contributed by atoms with Crippen molar-refractivity contribution in [3.05, 3.63) is 57.4 Å². The molecule has 1 aromatic heterocycles. The van der Waals surface area contributed by atoms with Crippen molar-refractivity contribution < 1.29 is 13.6 Å². The number of benzene rings is 2. The van der Waals surface area contributed by atoms with Gasteiger partial charge in [0.15, 0.2) is 0 Å². The molecule has 5 nitrogen and oxygen atoms in total. The molecule has 0 radical (unpaired) electrons. The zero-order valence-corrected chi connectivity index (χ0v) is 16.1. The van der Waals surface area contributed by atoms with Crippen molar-refractivity contribution in [2.45, 2.75) is 12.1 Å². The molecule has 3 aromatic rings. The topological polar surface area (TPSA) is 68.0 Å². The Balaban J connectivity index is 1.58. The van der Waals surface area contributed by atoms with E-state index in [-0.39, 0.29) is 28.6 Å². The van der Waals surface area contributed by atoms with Gasteiger partial charge in [-0.15, -0.1) is 10.2 Å². The highest BCUT2D eigenvalue weighted by molar-refractivity contribution is 14.1. The molecule has 25 heavy (non-hydrogen) atoms. The largest absolute Gasteiger partial charge is 0.411 e. The Kier molecular flexibility index (Phi) is 5.69. The van der Waals surface area contributed by atoms with E-state index < -0.39 is 0 Å². The molecule has 0 aliphatic heterocycles. The molecule has 0 spiro atoms. The first-order chi connectivity index (χ1) is 12.0. The Bertz CT molecular complexity index is 899. The summed E-state index contributed by atoms with van der Waals surface area (Å²) in [7, 11) is 0. The molecule has 1 heterocycles. The normalized spacial score (nSPS) is 10.7. The third kappa shape index (κ3) is 4.79. The summed E-state index contributed by atoms with van der Waals surface area (Å²) < 4.78 is 19.5. The van der Waals surface area contributed by atoms with Gasteiger partial charge in [0, 0.05) is 14.8 Å². The summed E-state index contributed by atoms with van der Waals surface area (Å²) in [5, 5.41) is 10.9. The van der Waals surface area contributed by atoms with Crippen LogP contribution >= 0.6 is 34.4 Å². The number of nitrogens with zero attached hydrogens (tertiary/aromatic N) is 2. The second-order valence-electron chi connectivity index (χ2n) is 5.18. The number of aryl methyl sites for hydroxylation is 1. The van der Waals surface area contributed by atoms with Crippen LogP contribution in [0.2, 0.25) is 0 Å². The maximum atomic E-state index is 12.9. The molecular formula is C17H13FIN3O2S. The van der Waals surface area contributed by atoms with E-state index in [4.69, 9.17) is 4.42 Å². The van der Waals surface area contributed by atoms with E-state index in [2.05, 4.69) is 38.1 Å². The van der Waals surface area contributed by atoms with Gasteiger partial charge in [0.2, 0.25) is 11.8 Å². The van der Waals surface area contributed by atoms with Gasteiger partial charge in [-0.2, -0.15) is 0 Å². The van der Waals surface area contributed by atoms with Gasteiger partial charge in [-0.25, -0.2) is 4.39 Å². The minimum absolute atomic E-state index is 0.149. The lowest BCUT2D eigenvalue weighted by Crippen LogP contribution is -2.14. The molecule has 1 N–H and O–H groups in total. The number of halogens is 2. The Labute approximate surface area is 161 Å². The molecule has 128 valence electrons. The smallest absolute Gasteiger partial charge is 0.277 e. The van der Waals surface area contributed by atoms with Crippen LogP contribution in [0, 0.1) is 16.3 Å². The Morgan fingerprint density at radius 3 is 2.72 bits per heavy atom. The number of aromatic nitrogens is 2. The van der Waals surface area contributed by atoms with Crippen molar-refractivity contribution in [3.63, 3.8) is 0 Å². The van der Waals surface area contributed by atoms with Crippen LogP contribution in [0.5, 0.6) is 0 Å². The van der Waals surface area contributed by atoms with Crippen molar-refractivity contribution in [1.82, 2.24) is 10.2 Å². The molecule has 1 amide bonds. The second kappa shape index (κ2) is 7.96. The molecule has 3 rings (SSSR count). The van der Waals surface area contributed by atoms with E-state index in [1.165, 1.54) is 12.1 Å². The fourth-order valence-corrected chi connectivity index (χ4v) is 3.27. The molecule has 0 unspecified atom stereocenters. The van der Waals surface area contributed by atoms with Gasteiger partial charge < -0.3 is 9.73 Å². The summed E-state index contributed by atoms with van der Waals surface area (Å²) in [4.78, 5) is 12.1. The summed E-state index contributed by atoms with van der Waals surface area (Å²) >= 11 is 3.37. The third-order valence-corrected chi connectivity index (χ3v) is 4.78. The van der Waals surface area contributed by atoms with Crippen LogP contribution in [-0.4, -0.2) is 21.9 Å². The summed E-state index contributed by atoms with van der Waals surface area (Å²) in [5.41, 5.74) is 2.41. The van der Waals surface area contributed by atoms with Crippen molar-refractivity contribution in [3.8, 4) is 11.5 Å². The average Bonchev–Trinajstić information content (AvgIpc) is 3.05. The monoisotopic (exact) mass is 469 g/mol. The van der Waals surface area contributed by atoms with Crippen LogP contribution in [0.1, 0.15) is 5.56 Å². The standard InChI is InChI=1S/C17H13FIN3O2S/c1-10-8-13(19)6-7-14(10)20-15(23)9-25-17-22-21-16(24-17)11-2-4-12(18)5-3-11/h2-8H,9H2,1H3,(H,20,23). The number of hydrogen-bond acceptors (Lipinski definition) is 5. The van der Waals surface area contributed by atoms with Gasteiger partial charge in [-0.1, -0.05) is 11.8 Å². The Hall–Kier alpha value is -1.94. The highest BCUT2D eigenvalue weighted by Crippen LogP contribution is 2.24. The first kappa shape index (κ1) is 17.9. The quantitative estimate of drug-likeness (QED) is 0.440. The lowest BCUT2D eigenvalue weighted by molar-refractivity contribution is -0.113. The Morgan fingerprint density at radius 2 is 2.00 bits per heavy atom. The minimum atomic E-state index is -0.333. The number of amides is 1. The molecule has 0 aliphatic rings. The van der Waals surface area contributed by atoms with E-state index in [0.717, 1.165) is 26.6 Å². The number of carbonyl (C=O) groups excluding carboxylic acids is 1. The van der Waals surface area contributed by atoms with Crippen molar-refractivity contribution in [2.75, 3.05) is 11.1 Å². The molecule has 2 aromatic carbocycles. The van der Waals surface area contributed by atoms with E-state index in [1.807, 2.05) is 25.1 Å². The summed E-state index contributed by atoms with van der Waals surface area (Å²) in [6, 6.07) is 11.6. The first-order valence-corrected chi connectivity index (χ1v) is 9.36. The molecule has 0 atom stereocenters. The number of carbonyl (C=O) groups is 1. The van der Waals surface area contributed by atoms with Crippen LogP contribution in [0.15, 0.2) is 52.1 Å². The fraction of sp³-hybridized carbons (Fsp3) is 0.118. The highest BCUT2D eigenvalue weighted by atomic mass is 127. The minimum Gasteiger partial charge on any atom is -0.411 e. The van der Waals surface area contributed by atoms with Crippen molar-refractivity contribution in [2.24, 2.45) is 0 Å². The third-order valence-electron chi connectivity index (χ3n) is 3.29. The van der Waals surface area contributed by atoms with Gasteiger partial charge in [0.05, 0.1) is 5.75 Å². The fourth-order valence-electron chi connectivity index (χ4n) is 2.06. The maximum Gasteiger partial charge on any atom is 0.277 e. The molecule has 8 heteroatoms. The van der Waals surface area contributed by atoms with Crippen LogP contribution in [0.25, 0.3) is 11.5 Å². The lowest BCUT2D eigenvalue weighted by atomic mass is 10.2. The number of thioether (sulfide) groups is 1. The predicted octanol–water partition coefficient (Wildman–Crippen LogP) is 4.52. The van der Waals surface area contributed by atoms with Gasteiger partial charge >= 0.3 is 0 Å². The zero-order valence-electron chi connectivity index (χ0n) is 13.1. The van der Waals surface area contributed by atoms with Gasteiger partial charge in [-0.3, -0.25) is 4.79 Å². The molecular weight excluding hydrogens is 456 g/mol. The second-order valence-corrected chi connectivity index (χ2v) is 7.35. The van der Waals surface area contributed by atoms with Crippen molar-refractivity contribution >= 4 is 45.9 Å². The molecule has 0 aliphatic carbocycles. The maximum absolute atomic E-state index is 12.9. The van der Waals surface area contributed by atoms with E-state index in [1.54, 1.807) is 12.1 Å². The first-order valence-electron chi connectivity index (χ1n) is 7.29. The van der Waals surface area contributed by atoms with Gasteiger partial charge in [0.25, 0.3) is 5.22 Å². The van der Waals surface area contributed by atoms with Crippen LogP contribution in [-0.2, 0) is 4.79 Å². The molecule has 0 saturated heterocycles. The van der Waals surface area contributed by atoms with Gasteiger partial charge in [-0.05, 0) is 77.5 Å². The predicted molar refractivity (Wildman–Crippen MR) is 103 cm³/mol. The van der Waals surface area contributed by atoms with E-state index in [0.29, 0.717) is 5.56 Å². The summed E-state index contributed by atoms with van der Waals surface area (Å²) in [6.45, 7) is 1.94. The molecule has 0 saturated carbocycles. The Morgan fingerprint density at radius 1 is 1.24 bits per heavy atom. The highest BCUT2D eigenvalue weighted by Gasteiger charge is 2.12. The molecule has 0 bridgehead atoms. The number of rotatable bonds is 5. The average molecular weight is 469 g/mol. The zero-order chi connectivity index (χ0) is 17.8. The van der Waals surface area contributed by atoms with Crippen LogP contribution in [0.4, 0.5) is 10.1 Å². The van der Waals surface area contributed by atoms with Crippen LogP contribution in [0.3, 0.4) is 0 Å². The summed E-state index contributed by atoms with van der Waals surface area (Å²) in [5.74, 6) is -0.0520. The van der Waals surface area contributed by atoms with E-state index in [9.17, 15) is 9.18 Å². The van der Waals surface area contributed by atoms with E-state index >= 15 is 0 Å². The van der Waals surface area contributed by atoms with Gasteiger partial charge in [0.1, 0.15) is 5.82 Å². The lowest BCUT2D eigenvalue weighted by Gasteiger charge is -2.07. The number of hydrogen-bond donors (Lipinski definition) is 1. The van der Waals surface area contributed by atoms with Crippen LogP contribution < -0.4 is 5.32 Å². The number of anilines is 1. The molecule has 0 fully saturated rings. The SMILES string of the molecule is Cc1cc(I)ccc1NC(=O)CSc1nnc(-c2ccc(F)cc2)o1. The number of nitrogens with one attached hydrogen (secondary N) is 1. The summed E-state index contributed by atoms with van der Waals surface area (Å²) in [6.07, 6.45) is 0. The van der Waals surface area contributed by atoms with Crippen molar-refractivity contribution in [1.29, 1.82) is 0 Å².